The van der Waals surface area contributed by atoms with Gasteiger partial charge in [-0.25, -0.2) is 4.79 Å². The molecule has 0 rings (SSSR count). The van der Waals surface area contributed by atoms with Gasteiger partial charge in [-0.1, -0.05) is 0 Å². The van der Waals surface area contributed by atoms with Crippen LogP contribution in [0.4, 0.5) is 13.2 Å². The van der Waals surface area contributed by atoms with Crippen molar-refractivity contribution >= 4 is 17.7 Å². The minimum Gasteiger partial charge on any atom is -0.467 e. The second-order valence-corrected chi connectivity index (χ2v) is 2.75. The van der Waals surface area contributed by atoms with E-state index in [2.05, 4.69) is 4.74 Å². The number of hydrogen-bond acceptors (Lipinski definition) is 4. The quantitative estimate of drug-likeness (QED) is 0.714. The maximum atomic E-state index is 11.9. The summed E-state index contributed by atoms with van der Waals surface area (Å²) in [6, 6.07) is -1.98. The summed E-state index contributed by atoms with van der Waals surface area (Å²) in [5.41, 5.74) is 0. The van der Waals surface area contributed by atoms with Crippen LogP contribution in [0.5, 0.6) is 0 Å². The molecule has 0 saturated heterocycles. The van der Waals surface area contributed by atoms with Gasteiger partial charge < -0.3 is 10.1 Å². The zero-order valence-corrected chi connectivity index (χ0v) is 8.42. The van der Waals surface area contributed by atoms with Gasteiger partial charge in [-0.3, -0.25) is 9.59 Å². The van der Waals surface area contributed by atoms with Crippen molar-refractivity contribution in [3.63, 3.8) is 0 Å². The molecule has 0 aliphatic carbocycles. The van der Waals surface area contributed by atoms with E-state index in [1.165, 1.54) is 5.32 Å². The number of carbonyl (C=O) groups excluding carboxylic acids is 3. The van der Waals surface area contributed by atoms with Crippen LogP contribution < -0.4 is 5.32 Å². The number of esters is 1. The van der Waals surface area contributed by atoms with Crippen molar-refractivity contribution in [1.82, 2.24) is 5.32 Å². The van der Waals surface area contributed by atoms with Crippen molar-refractivity contribution in [2.24, 2.45) is 0 Å². The third-order valence-corrected chi connectivity index (χ3v) is 1.40. The number of ketones is 1. The Morgan fingerprint density at radius 2 is 1.94 bits per heavy atom. The number of hydrogen-bond donors (Lipinski definition) is 1. The van der Waals surface area contributed by atoms with Crippen LogP contribution in [0.25, 0.3) is 0 Å². The average Bonchev–Trinajstić information content (AvgIpc) is 2.21. The molecule has 0 aromatic carbocycles. The van der Waals surface area contributed by atoms with Gasteiger partial charge in [0.1, 0.15) is 11.8 Å². The lowest BCUT2D eigenvalue weighted by atomic mass is 10.1. The molecule has 5 nitrogen and oxygen atoms in total. The van der Waals surface area contributed by atoms with Crippen LogP contribution in [-0.4, -0.2) is 37.0 Å². The molecule has 8 heteroatoms. The van der Waals surface area contributed by atoms with Gasteiger partial charge in [0.05, 0.1) is 7.11 Å². The van der Waals surface area contributed by atoms with Gasteiger partial charge in [-0.15, -0.1) is 0 Å². The summed E-state index contributed by atoms with van der Waals surface area (Å²) >= 11 is 0. The molecule has 1 amide bonds. The summed E-state index contributed by atoms with van der Waals surface area (Å²) in [7, 11) is 0.863. The van der Waals surface area contributed by atoms with Gasteiger partial charge in [-0.05, 0) is 6.92 Å². The maximum Gasteiger partial charge on any atom is 0.471 e. The molecule has 0 aromatic heterocycles. The average molecular weight is 242 g/mol. The van der Waals surface area contributed by atoms with Crippen LogP contribution in [0.2, 0.25) is 0 Å². The Hall–Kier alpha value is -1.60. The zero-order valence-electron chi connectivity index (χ0n) is 9.42. The standard InChI is InChI=1S/C8H10F3NO4/c1-4(13)3-5(6(14)16-2)12-7(15)8(9,10)11/h5H,3H2,1-2H3,(H,12,15)/t5-/m0/s1/i3D/t3-,5-. The Kier molecular flexibility index (Phi) is 4.27. The van der Waals surface area contributed by atoms with E-state index < -0.39 is 36.3 Å². The molecule has 2 atom stereocenters. The molecule has 0 spiro atoms. The molecule has 0 heterocycles. The fourth-order valence-corrected chi connectivity index (χ4v) is 0.753. The van der Waals surface area contributed by atoms with Gasteiger partial charge in [0.2, 0.25) is 0 Å². The Morgan fingerprint density at radius 3 is 2.25 bits per heavy atom. The summed E-state index contributed by atoms with van der Waals surface area (Å²) < 4.78 is 47.1. The molecule has 0 aliphatic rings. The Balaban J connectivity index is 4.91. The first-order chi connectivity index (χ1) is 7.61. The lowest BCUT2D eigenvalue weighted by Gasteiger charge is -2.15. The van der Waals surface area contributed by atoms with Gasteiger partial charge in [0.25, 0.3) is 0 Å². The Morgan fingerprint density at radius 1 is 1.44 bits per heavy atom. The molecular weight excluding hydrogens is 231 g/mol. The molecular formula is C8H10F3NO4. The second-order valence-electron chi connectivity index (χ2n) is 2.75. The fourth-order valence-electron chi connectivity index (χ4n) is 0.753. The van der Waals surface area contributed by atoms with E-state index >= 15 is 0 Å². The minimum absolute atomic E-state index is 0.863. The van der Waals surface area contributed by atoms with Crippen LogP contribution in [-0.2, 0) is 19.1 Å². The molecule has 0 radical (unpaired) electrons. The largest absolute Gasteiger partial charge is 0.471 e. The van der Waals surface area contributed by atoms with Crippen LogP contribution in [0.15, 0.2) is 0 Å². The van der Waals surface area contributed by atoms with Crippen molar-refractivity contribution < 1.29 is 33.7 Å². The SMILES string of the molecule is [2H][C@@H](C(C)=O)[C@H](NC(=O)C(F)(F)F)C(=O)OC. The highest BCUT2D eigenvalue weighted by molar-refractivity contribution is 5.91. The van der Waals surface area contributed by atoms with E-state index in [0.29, 0.717) is 0 Å². The molecule has 0 aromatic rings. The van der Waals surface area contributed by atoms with Crippen molar-refractivity contribution in [3.8, 4) is 0 Å². The number of ether oxygens (including phenoxy) is 1. The molecule has 16 heavy (non-hydrogen) atoms. The predicted octanol–water partition coefficient (Wildman–Crippen LogP) is 0.186. The van der Waals surface area contributed by atoms with Crippen LogP contribution in [0.1, 0.15) is 14.7 Å². The number of nitrogens with one attached hydrogen (secondary N) is 1. The second kappa shape index (κ2) is 5.47. The normalized spacial score (nSPS) is 15.7. The Labute approximate surface area is 90.3 Å². The van der Waals surface area contributed by atoms with Crippen LogP contribution in [0, 0.1) is 0 Å². The summed E-state index contributed by atoms with van der Waals surface area (Å²) in [5.74, 6) is -4.58. The molecule has 0 aliphatic heterocycles. The highest BCUT2D eigenvalue weighted by Gasteiger charge is 2.41. The first-order valence-electron chi connectivity index (χ1n) is 4.57. The number of methoxy groups -OCH3 is 1. The number of Topliss-reactive ketones (excluding diaryl/α,β-unsaturated/α-hetero) is 1. The van der Waals surface area contributed by atoms with E-state index in [1.54, 1.807) is 0 Å². The third-order valence-electron chi connectivity index (χ3n) is 1.40. The molecule has 0 unspecified atom stereocenters. The van der Waals surface area contributed by atoms with Gasteiger partial charge in [0.15, 0.2) is 0 Å². The highest BCUT2D eigenvalue weighted by Crippen LogP contribution is 2.15. The zero-order chi connectivity index (χ0) is 13.8. The van der Waals surface area contributed by atoms with Crippen LogP contribution in [0.3, 0.4) is 0 Å². The molecule has 0 saturated carbocycles. The first-order valence-corrected chi connectivity index (χ1v) is 3.99. The summed E-state index contributed by atoms with van der Waals surface area (Å²) in [4.78, 5) is 32.4. The smallest absolute Gasteiger partial charge is 0.467 e. The van der Waals surface area contributed by atoms with Crippen molar-refractivity contribution in [3.05, 3.63) is 0 Å². The topological polar surface area (TPSA) is 72.5 Å². The minimum atomic E-state index is -5.21. The third kappa shape index (κ3) is 4.76. The van der Waals surface area contributed by atoms with E-state index in [-0.39, 0.29) is 0 Å². The summed E-state index contributed by atoms with van der Waals surface area (Å²) in [6.07, 6.45) is -7.06. The number of carbonyl (C=O) groups is 3. The first kappa shape index (κ1) is 12.5. The predicted molar refractivity (Wildman–Crippen MR) is 45.3 cm³/mol. The van der Waals surface area contributed by atoms with Crippen molar-refractivity contribution in [2.75, 3.05) is 7.11 Å². The fraction of sp³-hybridized carbons (Fsp3) is 0.625. The van der Waals surface area contributed by atoms with E-state index in [4.69, 9.17) is 1.37 Å². The molecule has 0 fully saturated rings. The van der Waals surface area contributed by atoms with E-state index in [9.17, 15) is 27.6 Å². The van der Waals surface area contributed by atoms with Crippen LogP contribution >= 0.6 is 0 Å². The number of halogens is 3. The van der Waals surface area contributed by atoms with Gasteiger partial charge in [-0.2, -0.15) is 13.2 Å². The van der Waals surface area contributed by atoms with E-state index in [0.717, 1.165) is 14.0 Å². The van der Waals surface area contributed by atoms with Crippen molar-refractivity contribution in [1.29, 1.82) is 0 Å². The molecule has 1 N–H and O–H groups in total. The van der Waals surface area contributed by atoms with Crippen molar-refractivity contribution in [2.45, 2.75) is 25.5 Å². The highest BCUT2D eigenvalue weighted by atomic mass is 19.4. The monoisotopic (exact) mass is 242 g/mol. The van der Waals surface area contributed by atoms with Gasteiger partial charge in [0, 0.05) is 7.77 Å². The lowest BCUT2D eigenvalue weighted by molar-refractivity contribution is -0.175. The number of alkyl halides is 3. The lowest BCUT2D eigenvalue weighted by Crippen LogP contribution is -2.48. The molecule has 0 bridgehead atoms. The number of amides is 1. The maximum absolute atomic E-state index is 11.9. The van der Waals surface area contributed by atoms with Gasteiger partial charge >= 0.3 is 18.1 Å². The number of rotatable bonds is 4. The summed E-state index contributed by atoms with van der Waals surface area (Å²) in [5, 5.41) is 1.24. The molecule has 92 valence electrons. The summed E-state index contributed by atoms with van der Waals surface area (Å²) in [6.45, 7) is 0.910. The van der Waals surface area contributed by atoms with E-state index in [1.807, 2.05) is 0 Å². The Bertz CT molecular complexity index is 331.